The summed E-state index contributed by atoms with van der Waals surface area (Å²) in [6.07, 6.45) is 3.43. The predicted molar refractivity (Wildman–Crippen MR) is 97.3 cm³/mol. The molecule has 0 atom stereocenters. The minimum atomic E-state index is -0.132. The molecular weight excluding hydrogens is 326 g/mol. The molecule has 0 fully saturated rings. The maximum atomic E-state index is 11.9. The topological polar surface area (TPSA) is 54.4 Å². The summed E-state index contributed by atoms with van der Waals surface area (Å²) in [5, 5.41) is 5.06. The molecule has 0 bridgehead atoms. The molecule has 0 saturated carbocycles. The van der Waals surface area contributed by atoms with Crippen LogP contribution < -0.4 is 5.43 Å². The first kappa shape index (κ1) is 15.7. The van der Waals surface area contributed by atoms with Crippen molar-refractivity contribution in [3.05, 3.63) is 58.4 Å². The van der Waals surface area contributed by atoms with Gasteiger partial charge in [0.1, 0.15) is 0 Å². The lowest BCUT2D eigenvalue weighted by Crippen LogP contribution is -2.19. The third kappa shape index (κ3) is 4.18. The van der Waals surface area contributed by atoms with Gasteiger partial charge in [0, 0.05) is 26.2 Å². The number of fused-ring (bicyclic) bond motifs is 1. The first-order valence-electron chi connectivity index (χ1n) is 7.07. The maximum Gasteiger partial charge on any atom is 0.250 e. The Hall–Kier alpha value is -2.18. The van der Waals surface area contributed by atoms with Crippen molar-refractivity contribution >= 4 is 46.1 Å². The van der Waals surface area contributed by atoms with E-state index in [0.717, 1.165) is 20.7 Å². The number of hydrogen-bond acceptors (Lipinski definition) is 5. The largest absolute Gasteiger partial charge is 0.272 e. The van der Waals surface area contributed by atoms with Crippen LogP contribution in [0.4, 0.5) is 0 Å². The van der Waals surface area contributed by atoms with Gasteiger partial charge in [0.05, 0.1) is 17.5 Å². The summed E-state index contributed by atoms with van der Waals surface area (Å²) in [6.45, 7) is 2.04. The first-order chi connectivity index (χ1) is 11.2. The smallest absolute Gasteiger partial charge is 0.250 e. The van der Waals surface area contributed by atoms with Crippen LogP contribution in [0.5, 0.6) is 0 Å². The number of carbonyl (C=O) groups is 1. The van der Waals surface area contributed by atoms with E-state index in [2.05, 4.69) is 15.5 Å². The van der Waals surface area contributed by atoms with Crippen molar-refractivity contribution in [3.8, 4) is 0 Å². The molecule has 6 heteroatoms. The van der Waals surface area contributed by atoms with Crippen molar-refractivity contribution in [2.24, 2.45) is 5.10 Å². The lowest BCUT2D eigenvalue weighted by atomic mass is 10.2. The molecule has 3 aromatic rings. The van der Waals surface area contributed by atoms with Crippen molar-refractivity contribution in [2.45, 2.75) is 11.8 Å². The summed E-state index contributed by atoms with van der Waals surface area (Å²) < 4.78 is 0. The Kier molecular flexibility index (Phi) is 5.05. The van der Waals surface area contributed by atoms with Gasteiger partial charge in [-0.2, -0.15) is 5.10 Å². The highest BCUT2D eigenvalue weighted by Crippen LogP contribution is 2.25. The zero-order valence-electron chi connectivity index (χ0n) is 12.5. The average Bonchev–Trinajstić information content (AvgIpc) is 2.98. The van der Waals surface area contributed by atoms with E-state index in [9.17, 15) is 4.79 Å². The van der Waals surface area contributed by atoms with Crippen LogP contribution in [0, 0.1) is 6.92 Å². The van der Waals surface area contributed by atoms with Gasteiger partial charge in [-0.05, 0) is 31.2 Å². The van der Waals surface area contributed by atoms with Crippen LogP contribution in [0.3, 0.4) is 0 Å². The Morgan fingerprint density at radius 3 is 3.00 bits per heavy atom. The van der Waals surface area contributed by atoms with Gasteiger partial charge in [0.15, 0.2) is 0 Å². The number of thioether (sulfide) groups is 1. The number of carbonyl (C=O) groups excluding carboxylic acids is 1. The SMILES string of the molecule is Cc1ccc(/C=N\NC(=O)CSc2cccc3cccnc23)s1. The molecule has 1 amide bonds. The number of pyridine rings is 1. The molecule has 3 rings (SSSR count). The summed E-state index contributed by atoms with van der Waals surface area (Å²) >= 11 is 3.10. The van der Waals surface area contributed by atoms with Crippen LogP contribution in [0.1, 0.15) is 9.75 Å². The van der Waals surface area contributed by atoms with Crippen molar-refractivity contribution in [1.82, 2.24) is 10.4 Å². The van der Waals surface area contributed by atoms with Gasteiger partial charge in [-0.15, -0.1) is 23.1 Å². The molecule has 0 unspecified atom stereocenters. The molecule has 0 aliphatic heterocycles. The number of hydrazone groups is 1. The van der Waals surface area contributed by atoms with E-state index < -0.39 is 0 Å². The fourth-order valence-electron chi connectivity index (χ4n) is 2.06. The second-order valence-corrected chi connectivity index (χ2v) is 7.20. The second-order valence-electron chi connectivity index (χ2n) is 4.86. The third-order valence-electron chi connectivity index (χ3n) is 3.10. The molecule has 0 spiro atoms. The molecular formula is C17H15N3OS2. The highest BCUT2D eigenvalue weighted by Gasteiger charge is 2.06. The molecule has 0 aliphatic rings. The van der Waals surface area contributed by atoms with Gasteiger partial charge in [-0.25, -0.2) is 5.43 Å². The fourth-order valence-corrected chi connectivity index (χ4v) is 3.64. The second kappa shape index (κ2) is 7.39. The van der Waals surface area contributed by atoms with Crippen molar-refractivity contribution in [2.75, 3.05) is 5.75 Å². The van der Waals surface area contributed by atoms with E-state index in [-0.39, 0.29) is 5.91 Å². The predicted octanol–water partition coefficient (Wildman–Crippen LogP) is 3.85. The van der Waals surface area contributed by atoms with Gasteiger partial charge in [-0.1, -0.05) is 18.2 Å². The molecule has 4 nitrogen and oxygen atoms in total. The minimum Gasteiger partial charge on any atom is -0.272 e. The van der Waals surface area contributed by atoms with Crippen LogP contribution in [0.15, 0.2) is 58.7 Å². The molecule has 23 heavy (non-hydrogen) atoms. The minimum absolute atomic E-state index is 0.132. The van der Waals surface area contributed by atoms with Crippen LogP contribution in [-0.4, -0.2) is 22.9 Å². The highest BCUT2D eigenvalue weighted by molar-refractivity contribution is 8.00. The summed E-state index contributed by atoms with van der Waals surface area (Å²) in [7, 11) is 0. The molecule has 2 aromatic heterocycles. The first-order valence-corrected chi connectivity index (χ1v) is 8.87. The van der Waals surface area contributed by atoms with Crippen molar-refractivity contribution in [1.29, 1.82) is 0 Å². The van der Waals surface area contributed by atoms with Gasteiger partial charge >= 0.3 is 0 Å². The number of nitrogens with one attached hydrogen (secondary N) is 1. The molecule has 1 aromatic carbocycles. The van der Waals surface area contributed by atoms with Crippen LogP contribution in [0.25, 0.3) is 10.9 Å². The summed E-state index contributed by atoms with van der Waals surface area (Å²) in [5.41, 5.74) is 3.48. The number of rotatable bonds is 5. The van der Waals surface area contributed by atoms with Gasteiger partial charge in [0.2, 0.25) is 5.91 Å². The number of para-hydroxylation sites is 1. The van der Waals surface area contributed by atoms with Crippen LogP contribution in [-0.2, 0) is 4.79 Å². The number of amides is 1. The quantitative estimate of drug-likeness (QED) is 0.436. The summed E-state index contributed by atoms with van der Waals surface area (Å²) in [5.74, 6) is 0.170. The molecule has 0 aliphatic carbocycles. The normalized spacial score (nSPS) is 11.2. The standard InChI is InChI=1S/C17H15N3OS2/c1-12-7-8-14(23-12)10-19-20-16(21)11-22-15-6-2-4-13-5-3-9-18-17(13)15/h2-10H,11H2,1H3,(H,20,21)/b19-10-. The maximum absolute atomic E-state index is 11.9. The number of aryl methyl sites for hydroxylation is 1. The van der Waals surface area contributed by atoms with E-state index in [1.165, 1.54) is 16.6 Å². The van der Waals surface area contributed by atoms with E-state index in [4.69, 9.17) is 0 Å². The van der Waals surface area contributed by atoms with Crippen molar-refractivity contribution < 1.29 is 4.79 Å². The Morgan fingerprint density at radius 2 is 2.17 bits per heavy atom. The Labute approximate surface area is 142 Å². The number of aromatic nitrogens is 1. The lowest BCUT2D eigenvalue weighted by Gasteiger charge is -2.04. The number of hydrogen-bond donors (Lipinski definition) is 1. The van der Waals surface area contributed by atoms with E-state index in [0.29, 0.717) is 5.75 Å². The van der Waals surface area contributed by atoms with Gasteiger partial charge in [-0.3, -0.25) is 9.78 Å². The average molecular weight is 341 g/mol. The Balaban J connectivity index is 1.57. The zero-order valence-corrected chi connectivity index (χ0v) is 14.2. The molecule has 116 valence electrons. The lowest BCUT2D eigenvalue weighted by molar-refractivity contribution is -0.118. The van der Waals surface area contributed by atoms with Crippen LogP contribution in [0.2, 0.25) is 0 Å². The Bertz CT molecular complexity index is 852. The molecule has 1 N–H and O–H groups in total. The monoisotopic (exact) mass is 341 g/mol. The van der Waals surface area contributed by atoms with Crippen LogP contribution >= 0.6 is 23.1 Å². The zero-order chi connectivity index (χ0) is 16.1. The highest BCUT2D eigenvalue weighted by atomic mass is 32.2. The molecule has 0 saturated heterocycles. The van der Waals surface area contributed by atoms with Gasteiger partial charge < -0.3 is 0 Å². The number of benzene rings is 1. The number of nitrogens with zero attached hydrogens (tertiary/aromatic N) is 2. The van der Waals surface area contributed by atoms with E-state index in [1.54, 1.807) is 23.7 Å². The van der Waals surface area contributed by atoms with E-state index in [1.807, 2.05) is 49.4 Å². The van der Waals surface area contributed by atoms with Gasteiger partial charge in [0.25, 0.3) is 0 Å². The summed E-state index contributed by atoms with van der Waals surface area (Å²) in [6, 6.07) is 13.9. The molecule has 2 heterocycles. The summed E-state index contributed by atoms with van der Waals surface area (Å²) in [4.78, 5) is 19.5. The third-order valence-corrected chi connectivity index (χ3v) is 5.08. The van der Waals surface area contributed by atoms with E-state index >= 15 is 0 Å². The fraction of sp³-hybridized carbons (Fsp3) is 0.118. The number of thiophene rings is 1. The van der Waals surface area contributed by atoms with Crippen molar-refractivity contribution in [3.63, 3.8) is 0 Å². The Morgan fingerprint density at radius 1 is 1.30 bits per heavy atom. The molecule has 0 radical (unpaired) electrons.